The van der Waals surface area contributed by atoms with E-state index < -0.39 is 5.97 Å². The zero-order valence-electron chi connectivity index (χ0n) is 20.8. The topological polar surface area (TPSA) is 65.0 Å². The molecule has 0 aliphatic carbocycles. The molecule has 0 amide bonds. The maximum atomic E-state index is 11.1. The van der Waals surface area contributed by atoms with Crippen LogP contribution in [-0.4, -0.2) is 30.9 Å². The Balaban J connectivity index is 2.96. The van der Waals surface area contributed by atoms with Crippen LogP contribution in [0.3, 0.4) is 0 Å². The molecule has 0 bridgehead atoms. The van der Waals surface area contributed by atoms with Gasteiger partial charge in [-0.2, -0.15) is 0 Å². The first-order valence-electron chi connectivity index (χ1n) is 12.9. The molecular formula is C27H46O5. The fourth-order valence-corrected chi connectivity index (χ4v) is 3.51. The van der Waals surface area contributed by atoms with Gasteiger partial charge < -0.3 is 19.3 Å². The van der Waals surface area contributed by atoms with Crippen LogP contribution in [0, 0.1) is 0 Å². The predicted molar refractivity (Wildman–Crippen MR) is 131 cm³/mol. The van der Waals surface area contributed by atoms with Gasteiger partial charge in [-0.1, -0.05) is 78.6 Å². The van der Waals surface area contributed by atoms with Gasteiger partial charge in [0.1, 0.15) is 0 Å². The van der Waals surface area contributed by atoms with Gasteiger partial charge in [0, 0.05) is 6.42 Å². The summed E-state index contributed by atoms with van der Waals surface area (Å²) in [6.45, 7) is 8.48. The number of aliphatic carboxylic acids is 1. The van der Waals surface area contributed by atoms with Crippen molar-refractivity contribution >= 4 is 5.97 Å². The summed E-state index contributed by atoms with van der Waals surface area (Å²) in [6, 6.07) is 3.88. The number of carboxylic acid groups (broad SMARTS) is 1. The highest BCUT2D eigenvalue weighted by Gasteiger charge is 2.16. The largest absolute Gasteiger partial charge is 0.490 e. The van der Waals surface area contributed by atoms with E-state index in [1.165, 1.54) is 38.5 Å². The Bertz CT molecular complexity index is 579. The van der Waals surface area contributed by atoms with Crippen molar-refractivity contribution in [3.63, 3.8) is 0 Å². The van der Waals surface area contributed by atoms with E-state index >= 15 is 0 Å². The van der Waals surface area contributed by atoms with Crippen molar-refractivity contribution in [1.29, 1.82) is 0 Å². The van der Waals surface area contributed by atoms with Crippen LogP contribution >= 0.6 is 0 Å². The number of hydrogen-bond acceptors (Lipinski definition) is 4. The molecule has 1 N–H and O–H groups in total. The molecule has 0 atom stereocenters. The molecule has 0 unspecified atom stereocenters. The summed E-state index contributed by atoms with van der Waals surface area (Å²) >= 11 is 0. The molecule has 0 saturated carbocycles. The number of benzene rings is 1. The summed E-state index contributed by atoms with van der Waals surface area (Å²) in [5, 5.41) is 9.12. The third kappa shape index (κ3) is 12.8. The molecule has 0 radical (unpaired) electrons. The van der Waals surface area contributed by atoms with E-state index in [2.05, 4.69) is 20.8 Å². The van der Waals surface area contributed by atoms with Gasteiger partial charge in [-0.25, -0.2) is 0 Å². The standard InChI is InChI=1S/C27H46O5/c1-4-7-10-13-18-30-24-21-23(16-17-26(28)29)22-25(31-19-14-11-8-5-2)27(24)32-20-15-12-9-6-3/h21-22H,4-20H2,1-3H3,(H,28,29). The average molecular weight is 451 g/mol. The van der Waals surface area contributed by atoms with Crippen LogP contribution in [0.4, 0.5) is 0 Å². The van der Waals surface area contributed by atoms with Gasteiger partial charge in [0.25, 0.3) is 0 Å². The van der Waals surface area contributed by atoms with Gasteiger partial charge in [0.15, 0.2) is 11.5 Å². The lowest BCUT2D eigenvalue weighted by Crippen LogP contribution is -2.07. The summed E-state index contributed by atoms with van der Waals surface area (Å²) in [6.07, 6.45) is 14.1. The Kier molecular flexibility index (Phi) is 16.4. The zero-order valence-corrected chi connectivity index (χ0v) is 20.8. The van der Waals surface area contributed by atoms with Crippen molar-refractivity contribution in [2.45, 2.75) is 111 Å². The molecule has 5 nitrogen and oxygen atoms in total. The molecule has 1 aromatic rings. The lowest BCUT2D eigenvalue weighted by atomic mass is 10.1. The van der Waals surface area contributed by atoms with Gasteiger partial charge in [0.05, 0.1) is 19.8 Å². The van der Waals surface area contributed by atoms with Gasteiger partial charge in [-0.15, -0.1) is 0 Å². The van der Waals surface area contributed by atoms with E-state index in [1.807, 2.05) is 12.1 Å². The Hall–Kier alpha value is -1.91. The van der Waals surface area contributed by atoms with Crippen LogP contribution in [0.15, 0.2) is 12.1 Å². The zero-order chi connectivity index (χ0) is 23.4. The Labute approximate surface area is 195 Å². The van der Waals surface area contributed by atoms with Crippen LogP contribution in [0.1, 0.15) is 110 Å². The van der Waals surface area contributed by atoms with E-state index in [9.17, 15) is 4.79 Å². The van der Waals surface area contributed by atoms with E-state index in [0.29, 0.717) is 43.5 Å². The van der Waals surface area contributed by atoms with Gasteiger partial charge >= 0.3 is 5.97 Å². The van der Waals surface area contributed by atoms with E-state index in [-0.39, 0.29) is 6.42 Å². The number of unbranched alkanes of at least 4 members (excludes halogenated alkanes) is 9. The molecule has 0 spiro atoms. The molecule has 5 heteroatoms. The summed E-state index contributed by atoms with van der Waals surface area (Å²) in [7, 11) is 0. The smallest absolute Gasteiger partial charge is 0.303 e. The van der Waals surface area contributed by atoms with Crippen LogP contribution in [0.5, 0.6) is 17.2 Å². The third-order valence-electron chi connectivity index (χ3n) is 5.46. The lowest BCUT2D eigenvalue weighted by Gasteiger charge is -2.19. The molecule has 0 heterocycles. The summed E-state index contributed by atoms with van der Waals surface area (Å²) < 4.78 is 18.5. The molecule has 0 fully saturated rings. The van der Waals surface area contributed by atoms with Crippen LogP contribution in [0.25, 0.3) is 0 Å². The van der Waals surface area contributed by atoms with E-state index in [4.69, 9.17) is 19.3 Å². The predicted octanol–water partition coefficient (Wildman–Crippen LogP) is 7.58. The summed E-state index contributed by atoms with van der Waals surface area (Å²) in [4.78, 5) is 11.1. The minimum absolute atomic E-state index is 0.0864. The molecule has 32 heavy (non-hydrogen) atoms. The average Bonchev–Trinajstić information content (AvgIpc) is 2.78. The van der Waals surface area contributed by atoms with Gasteiger partial charge in [0.2, 0.25) is 5.75 Å². The molecule has 0 aliphatic heterocycles. The van der Waals surface area contributed by atoms with Gasteiger partial charge in [-0.3, -0.25) is 4.79 Å². The molecular weight excluding hydrogens is 404 g/mol. The van der Waals surface area contributed by atoms with Crippen molar-refractivity contribution in [3.8, 4) is 17.2 Å². The van der Waals surface area contributed by atoms with Crippen molar-refractivity contribution in [3.05, 3.63) is 17.7 Å². The fourth-order valence-electron chi connectivity index (χ4n) is 3.51. The van der Waals surface area contributed by atoms with Crippen LogP contribution in [-0.2, 0) is 11.2 Å². The molecule has 1 aromatic carbocycles. The minimum atomic E-state index is -0.801. The first kappa shape index (κ1) is 28.1. The van der Waals surface area contributed by atoms with Gasteiger partial charge in [-0.05, 0) is 43.4 Å². The number of carboxylic acids is 1. The molecule has 1 rings (SSSR count). The minimum Gasteiger partial charge on any atom is -0.490 e. The third-order valence-corrected chi connectivity index (χ3v) is 5.46. The van der Waals surface area contributed by atoms with Crippen LogP contribution < -0.4 is 14.2 Å². The second-order valence-electron chi connectivity index (χ2n) is 8.54. The fraction of sp³-hybridized carbons (Fsp3) is 0.741. The molecule has 184 valence electrons. The normalized spacial score (nSPS) is 10.8. The first-order valence-corrected chi connectivity index (χ1v) is 12.9. The Morgan fingerprint density at radius 3 is 1.53 bits per heavy atom. The highest BCUT2D eigenvalue weighted by Crippen LogP contribution is 2.40. The maximum Gasteiger partial charge on any atom is 0.303 e. The summed E-state index contributed by atoms with van der Waals surface area (Å²) in [5.74, 6) is 1.24. The second-order valence-corrected chi connectivity index (χ2v) is 8.54. The molecule has 0 aromatic heterocycles. The lowest BCUT2D eigenvalue weighted by molar-refractivity contribution is -0.136. The first-order chi connectivity index (χ1) is 15.6. The van der Waals surface area contributed by atoms with E-state index in [1.54, 1.807) is 0 Å². The quantitative estimate of drug-likeness (QED) is 0.196. The number of ether oxygens (including phenoxy) is 3. The van der Waals surface area contributed by atoms with Crippen molar-refractivity contribution in [2.75, 3.05) is 19.8 Å². The highest BCUT2D eigenvalue weighted by molar-refractivity contribution is 5.67. The van der Waals surface area contributed by atoms with Crippen LogP contribution in [0.2, 0.25) is 0 Å². The van der Waals surface area contributed by atoms with Crippen molar-refractivity contribution in [1.82, 2.24) is 0 Å². The number of aryl methyl sites for hydroxylation is 1. The molecule has 0 aliphatic rings. The van der Waals surface area contributed by atoms with E-state index in [0.717, 1.165) is 44.1 Å². The van der Waals surface area contributed by atoms with Crippen molar-refractivity contribution < 1.29 is 24.1 Å². The molecule has 0 saturated heterocycles. The summed E-state index contributed by atoms with van der Waals surface area (Å²) in [5.41, 5.74) is 0.915. The number of carbonyl (C=O) groups is 1. The maximum absolute atomic E-state index is 11.1. The van der Waals surface area contributed by atoms with Crippen molar-refractivity contribution in [2.24, 2.45) is 0 Å². The second kappa shape index (κ2) is 18.6. The SMILES string of the molecule is CCCCCCOc1cc(CCC(=O)O)cc(OCCCCCC)c1OCCCCCC. The number of rotatable bonds is 21. The highest BCUT2D eigenvalue weighted by atomic mass is 16.5. The Morgan fingerprint density at radius 2 is 1.12 bits per heavy atom. The monoisotopic (exact) mass is 450 g/mol. The number of hydrogen-bond donors (Lipinski definition) is 1. The Morgan fingerprint density at radius 1 is 0.688 bits per heavy atom.